The lowest BCUT2D eigenvalue weighted by atomic mass is 10.0. The molecule has 31 heavy (non-hydrogen) atoms. The number of esters is 1. The lowest BCUT2D eigenvalue weighted by molar-refractivity contribution is 0.0733. The van der Waals surface area contributed by atoms with E-state index in [2.05, 4.69) is 0 Å². The first-order valence-electron chi connectivity index (χ1n) is 10.1. The van der Waals surface area contributed by atoms with E-state index < -0.39 is 5.97 Å². The van der Waals surface area contributed by atoms with E-state index >= 15 is 0 Å². The maximum atomic E-state index is 12.9. The number of carbonyl (C=O) groups excluding carboxylic acids is 2. The Morgan fingerprint density at radius 2 is 1.71 bits per heavy atom. The molecule has 0 aliphatic carbocycles. The third kappa shape index (κ3) is 4.21. The number of allylic oxidation sites excluding steroid dienone is 1. The molecular weight excluding hydrogens is 392 g/mol. The van der Waals surface area contributed by atoms with Gasteiger partial charge in [0.1, 0.15) is 17.2 Å². The fourth-order valence-corrected chi connectivity index (χ4v) is 3.48. The molecule has 0 N–H and O–H groups in total. The fourth-order valence-electron chi connectivity index (χ4n) is 3.48. The summed E-state index contributed by atoms with van der Waals surface area (Å²) in [7, 11) is 0. The molecule has 0 saturated heterocycles. The smallest absolute Gasteiger partial charge is 0.343 e. The van der Waals surface area contributed by atoms with Crippen LogP contribution in [0.4, 0.5) is 0 Å². The number of carbonyl (C=O) groups is 2. The van der Waals surface area contributed by atoms with Gasteiger partial charge in [-0.1, -0.05) is 30.3 Å². The summed E-state index contributed by atoms with van der Waals surface area (Å²) in [6.07, 6.45) is 1.69. The zero-order valence-corrected chi connectivity index (χ0v) is 17.6. The molecule has 1 aliphatic rings. The summed E-state index contributed by atoms with van der Waals surface area (Å²) in [6.45, 7) is 6.16. The average molecular weight is 414 g/mol. The molecule has 1 heterocycles. The van der Waals surface area contributed by atoms with E-state index in [1.807, 2.05) is 50.2 Å². The van der Waals surface area contributed by atoms with Crippen LogP contribution in [-0.2, 0) is 0 Å². The van der Waals surface area contributed by atoms with Crippen LogP contribution in [0.2, 0.25) is 0 Å². The van der Waals surface area contributed by atoms with Gasteiger partial charge in [0.25, 0.3) is 0 Å². The lowest BCUT2D eigenvalue weighted by Crippen LogP contribution is -2.10. The Morgan fingerprint density at radius 3 is 2.42 bits per heavy atom. The average Bonchev–Trinajstić information content (AvgIpc) is 3.05. The molecule has 0 saturated carbocycles. The van der Waals surface area contributed by atoms with Crippen molar-refractivity contribution in [2.45, 2.75) is 20.8 Å². The van der Waals surface area contributed by atoms with Crippen molar-refractivity contribution in [1.29, 1.82) is 0 Å². The van der Waals surface area contributed by atoms with Crippen molar-refractivity contribution in [2.75, 3.05) is 6.61 Å². The Labute approximate surface area is 180 Å². The number of ketones is 1. The molecule has 3 aromatic carbocycles. The topological polar surface area (TPSA) is 61.8 Å². The molecule has 0 radical (unpaired) electrons. The molecule has 0 atom stereocenters. The molecule has 4 rings (SSSR count). The number of ether oxygens (including phenoxy) is 3. The van der Waals surface area contributed by atoms with Crippen molar-refractivity contribution >= 4 is 17.8 Å². The highest BCUT2D eigenvalue weighted by Crippen LogP contribution is 2.37. The Kier molecular flexibility index (Phi) is 5.58. The number of aryl methyl sites for hydroxylation is 2. The van der Waals surface area contributed by atoms with Crippen LogP contribution in [0.3, 0.4) is 0 Å². The van der Waals surface area contributed by atoms with Crippen molar-refractivity contribution in [2.24, 2.45) is 0 Å². The third-order valence-corrected chi connectivity index (χ3v) is 5.01. The van der Waals surface area contributed by atoms with Gasteiger partial charge in [-0.05, 0) is 67.8 Å². The van der Waals surface area contributed by atoms with Crippen molar-refractivity contribution in [1.82, 2.24) is 0 Å². The van der Waals surface area contributed by atoms with E-state index in [4.69, 9.17) is 14.2 Å². The Balaban J connectivity index is 1.57. The zero-order valence-electron chi connectivity index (χ0n) is 17.6. The Bertz CT molecular complexity index is 1190. The molecule has 0 bridgehead atoms. The predicted octanol–water partition coefficient (Wildman–Crippen LogP) is 5.54. The molecule has 0 spiro atoms. The number of benzene rings is 3. The van der Waals surface area contributed by atoms with Gasteiger partial charge >= 0.3 is 5.97 Å². The van der Waals surface area contributed by atoms with Gasteiger partial charge in [0.2, 0.25) is 5.78 Å². The lowest BCUT2D eigenvalue weighted by Gasteiger charge is -2.09. The summed E-state index contributed by atoms with van der Waals surface area (Å²) in [6, 6.07) is 17.9. The minimum atomic E-state index is -0.452. The Hall–Kier alpha value is -3.86. The van der Waals surface area contributed by atoms with E-state index in [1.54, 1.807) is 37.3 Å². The normalized spacial score (nSPS) is 13.6. The molecule has 1 aliphatic heterocycles. The monoisotopic (exact) mass is 414 g/mol. The molecule has 0 unspecified atom stereocenters. The second kappa shape index (κ2) is 8.48. The second-order valence-electron chi connectivity index (χ2n) is 7.26. The summed E-state index contributed by atoms with van der Waals surface area (Å²) >= 11 is 0. The van der Waals surface area contributed by atoms with E-state index in [1.165, 1.54) is 0 Å². The number of hydrogen-bond acceptors (Lipinski definition) is 5. The van der Waals surface area contributed by atoms with Crippen LogP contribution in [0.15, 0.2) is 66.4 Å². The number of Topliss-reactive ketones (excluding diaryl/α,β-unsaturated/α-hetero) is 1. The summed E-state index contributed by atoms with van der Waals surface area (Å²) in [4.78, 5) is 25.4. The van der Waals surface area contributed by atoms with Crippen molar-refractivity contribution in [3.63, 3.8) is 0 Å². The van der Waals surface area contributed by atoms with E-state index in [-0.39, 0.29) is 11.5 Å². The quantitative estimate of drug-likeness (QED) is 0.312. The van der Waals surface area contributed by atoms with Crippen LogP contribution in [0.5, 0.6) is 17.2 Å². The van der Waals surface area contributed by atoms with Crippen molar-refractivity contribution < 1.29 is 23.8 Å². The van der Waals surface area contributed by atoms with Gasteiger partial charge in [0.15, 0.2) is 5.76 Å². The van der Waals surface area contributed by atoms with Crippen LogP contribution < -0.4 is 14.2 Å². The molecule has 0 aromatic heterocycles. The summed E-state index contributed by atoms with van der Waals surface area (Å²) in [5.74, 6) is 1.06. The minimum Gasteiger partial charge on any atom is -0.494 e. The fraction of sp³-hybridized carbons (Fsp3) is 0.154. The second-order valence-corrected chi connectivity index (χ2v) is 7.26. The molecule has 0 amide bonds. The van der Waals surface area contributed by atoms with Gasteiger partial charge in [0.05, 0.1) is 17.7 Å². The van der Waals surface area contributed by atoms with Gasteiger partial charge < -0.3 is 14.2 Å². The first-order chi connectivity index (χ1) is 15.0. The maximum absolute atomic E-state index is 12.9. The van der Waals surface area contributed by atoms with Crippen LogP contribution in [0.25, 0.3) is 6.08 Å². The highest BCUT2D eigenvalue weighted by Gasteiger charge is 2.30. The zero-order chi connectivity index (χ0) is 22.0. The first kappa shape index (κ1) is 20.4. The highest BCUT2D eigenvalue weighted by atomic mass is 16.5. The number of rotatable bonds is 5. The van der Waals surface area contributed by atoms with E-state index in [9.17, 15) is 9.59 Å². The van der Waals surface area contributed by atoms with Gasteiger partial charge in [-0.25, -0.2) is 4.79 Å². The third-order valence-electron chi connectivity index (χ3n) is 5.01. The predicted molar refractivity (Wildman–Crippen MR) is 118 cm³/mol. The van der Waals surface area contributed by atoms with Gasteiger partial charge in [-0.2, -0.15) is 0 Å². The Morgan fingerprint density at radius 1 is 0.968 bits per heavy atom. The first-order valence-corrected chi connectivity index (χ1v) is 10.1. The van der Waals surface area contributed by atoms with Crippen LogP contribution in [-0.4, -0.2) is 18.4 Å². The molecule has 156 valence electrons. The van der Waals surface area contributed by atoms with E-state index in [0.717, 1.165) is 16.9 Å². The summed E-state index contributed by atoms with van der Waals surface area (Å²) < 4.78 is 16.8. The van der Waals surface area contributed by atoms with Gasteiger partial charge in [-0.15, -0.1) is 0 Å². The number of fused-ring (bicyclic) bond motifs is 1. The SMILES string of the molecule is CCOc1ccc(/C=C2\Oc3cc(OC(=O)c4ccccc4C)cc(C)c3C2=O)cc1. The molecule has 5 nitrogen and oxygen atoms in total. The maximum Gasteiger partial charge on any atom is 0.343 e. The largest absolute Gasteiger partial charge is 0.494 e. The van der Waals surface area contributed by atoms with E-state index in [0.29, 0.717) is 34.8 Å². The summed E-state index contributed by atoms with van der Waals surface area (Å²) in [5.41, 5.74) is 3.31. The molecular formula is C26H22O5. The molecule has 0 fully saturated rings. The van der Waals surface area contributed by atoms with Crippen LogP contribution in [0.1, 0.15) is 44.3 Å². The summed E-state index contributed by atoms with van der Waals surface area (Å²) in [5, 5.41) is 0. The van der Waals surface area contributed by atoms with Crippen LogP contribution in [0, 0.1) is 13.8 Å². The van der Waals surface area contributed by atoms with Gasteiger partial charge in [0, 0.05) is 6.07 Å². The van der Waals surface area contributed by atoms with Gasteiger partial charge in [-0.3, -0.25) is 4.79 Å². The van der Waals surface area contributed by atoms with Crippen molar-refractivity contribution in [3.8, 4) is 17.2 Å². The van der Waals surface area contributed by atoms with Crippen molar-refractivity contribution in [3.05, 3.63) is 94.2 Å². The molecule has 3 aromatic rings. The standard InChI is InChI=1S/C26H22O5/c1-4-29-19-11-9-18(10-12-19)14-23-25(27)24-17(3)13-20(15-22(24)31-23)30-26(28)21-8-6-5-7-16(21)2/h5-15H,4H2,1-3H3/b23-14-. The highest BCUT2D eigenvalue weighted by molar-refractivity contribution is 6.15. The van der Waals surface area contributed by atoms with Crippen LogP contribution >= 0.6 is 0 Å². The minimum absolute atomic E-state index is 0.196. The molecule has 5 heteroatoms. The number of hydrogen-bond donors (Lipinski definition) is 0.